The van der Waals surface area contributed by atoms with E-state index in [1.807, 2.05) is 19.9 Å². The van der Waals surface area contributed by atoms with Crippen molar-refractivity contribution < 1.29 is 53.9 Å². The van der Waals surface area contributed by atoms with E-state index in [1.165, 1.54) is 14.2 Å². The van der Waals surface area contributed by atoms with Gasteiger partial charge in [0, 0.05) is 35.2 Å². The molecule has 0 spiro atoms. The Morgan fingerprint density at radius 3 is 1.96 bits per heavy atom. The number of fused-ring (bicyclic) bond motifs is 3. The minimum Gasteiger partial charge on any atom is -0.508 e. The Balaban J connectivity index is 1.89. The van der Waals surface area contributed by atoms with Gasteiger partial charge in [-0.05, 0) is 86.3 Å². The first kappa shape index (κ1) is 39.8. The average Bonchev–Trinajstić information content (AvgIpc) is 3.02. The molecule has 280 valence electrons. The molecular weight excluding hydrogens is 656 g/mol. The van der Waals surface area contributed by atoms with Gasteiger partial charge in [0.05, 0.1) is 19.8 Å². The van der Waals surface area contributed by atoms with Gasteiger partial charge in [-0.2, -0.15) is 0 Å². The zero-order valence-corrected chi connectivity index (χ0v) is 31.4. The fourth-order valence-electron chi connectivity index (χ4n) is 9.48. The molecule has 3 aliphatic carbocycles. The van der Waals surface area contributed by atoms with Crippen LogP contribution in [-0.4, -0.2) is 69.5 Å². The summed E-state index contributed by atoms with van der Waals surface area (Å²) in [5, 5.41) is 47.9. The maximum Gasteiger partial charge on any atom is 0.305 e. The fraction of sp³-hybridized carbons (Fsp3) is 0.625. The van der Waals surface area contributed by atoms with E-state index in [-0.39, 0.29) is 66.3 Å². The monoisotopic (exact) mass is 710 g/mol. The summed E-state index contributed by atoms with van der Waals surface area (Å²) in [6.07, 6.45) is 3.23. The molecule has 1 fully saturated rings. The van der Waals surface area contributed by atoms with Crippen molar-refractivity contribution in [1.29, 1.82) is 0 Å². The molecule has 1 saturated carbocycles. The third-order valence-corrected chi connectivity index (χ3v) is 11.7. The Hall–Kier alpha value is -3.99. The summed E-state index contributed by atoms with van der Waals surface area (Å²) in [6.45, 7) is 12.0. The highest BCUT2D eigenvalue weighted by Gasteiger charge is 2.72. The summed E-state index contributed by atoms with van der Waals surface area (Å²) >= 11 is 0. The largest absolute Gasteiger partial charge is 0.508 e. The molecule has 0 radical (unpaired) electrons. The summed E-state index contributed by atoms with van der Waals surface area (Å²) in [6, 6.07) is 1.92. The van der Waals surface area contributed by atoms with E-state index in [2.05, 4.69) is 0 Å². The lowest BCUT2D eigenvalue weighted by Crippen LogP contribution is -2.69. The van der Waals surface area contributed by atoms with Crippen LogP contribution in [0.3, 0.4) is 0 Å². The van der Waals surface area contributed by atoms with E-state index < -0.39 is 62.7 Å². The summed E-state index contributed by atoms with van der Waals surface area (Å²) in [7, 11) is 2.65. The van der Waals surface area contributed by atoms with Gasteiger partial charge in [0.15, 0.2) is 17.2 Å². The molecule has 4 atom stereocenters. The number of aromatic hydroxyl groups is 1. The number of aliphatic hydroxyl groups excluding tert-OH is 2. The van der Waals surface area contributed by atoms with E-state index >= 15 is 0 Å². The number of phenols is 1. The molecule has 1 aromatic carbocycles. The second-order valence-electron chi connectivity index (χ2n) is 15.9. The minimum absolute atomic E-state index is 0.0212. The van der Waals surface area contributed by atoms with Gasteiger partial charge < -0.3 is 29.9 Å². The molecule has 0 amide bonds. The van der Waals surface area contributed by atoms with E-state index in [0.29, 0.717) is 43.2 Å². The second-order valence-corrected chi connectivity index (χ2v) is 15.9. The van der Waals surface area contributed by atoms with Crippen LogP contribution < -0.4 is 0 Å². The molecule has 4 rings (SSSR count). The standard InChI is InChI=1S/C40H54O11/c1-20(2)25-17-24(16-23(12-10-14-27(42)50-8)13-11-15-28(43)51-9)33(44)30-26(25)18-38(6)19-39(7)31(21(3)4)34(45)29(22(5)41)36(47)40(39,49)37(48)32(38)35(30)46/h17,20-21,23,31,44,46-47,49H,10-16,18-19H2,1-9H3/t31?,38-,39-,40+/m1/s1. The molecule has 3 aliphatic rings. The summed E-state index contributed by atoms with van der Waals surface area (Å²) in [5.74, 6) is -6.33. The lowest BCUT2D eigenvalue weighted by Gasteiger charge is -2.60. The predicted octanol–water partition coefficient (Wildman–Crippen LogP) is 6.16. The van der Waals surface area contributed by atoms with Gasteiger partial charge in [-0.3, -0.25) is 24.0 Å². The number of phenolic OH excluding ortho intramolecular Hbond substituents is 1. The Morgan fingerprint density at radius 1 is 0.941 bits per heavy atom. The van der Waals surface area contributed by atoms with E-state index in [0.717, 1.165) is 12.5 Å². The summed E-state index contributed by atoms with van der Waals surface area (Å²) in [4.78, 5) is 64.9. The summed E-state index contributed by atoms with van der Waals surface area (Å²) < 4.78 is 9.59. The zero-order chi connectivity index (χ0) is 38.4. The number of rotatable bonds is 13. The average molecular weight is 711 g/mol. The highest BCUT2D eigenvalue weighted by atomic mass is 16.5. The zero-order valence-electron chi connectivity index (χ0n) is 31.4. The number of allylic oxidation sites excluding steroid dienone is 1. The number of ether oxygens (including phenoxy) is 2. The normalized spacial score (nSPS) is 26.0. The number of hydrogen-bond donors (Lipinski definition) is 4. The maximum atomic E-state index is 14.7. The lowest BCUT2D eigenvalue weighted by molar-refractivity contribution is -0.178. The number of methoxy groups -OCH3 is 2. The number of carbonyl (C=O) groups is 5. The van der Waals surface area contributed by atoms with Gasteiger partial charge >= 0.3 is 11.9 Å². The highest BCUT2D eigenvalue weighted by molar-refractivity contribution is 6.24. The van der Waals surface area contributed by atoms with Crippen molar-refractivity contribution in [2.45, 2.75) is 118 Å². The highest BCUT2D eigenvalue weighted by Crippen LogP contribution is 2.65. The van der Waals surface area contributed by atoms with Crippen LogP contribution in [0.4, 0.5) is 0 Å². The Morgan fingerprint density at radius 2 is 1.49 bits per heavy atom. The predicted molar refractivity (Wildman–Crippen MR) is 189 cm³/mol. The van der Waals surface area contributed by atoms with Gasteiger partial charge in [0.25, 0.3) is 0 Å². The molecule has 1 aromatic rings. The number of hydrogen-bond acceptors (Lipinski definition) is 11. The maximum absolute atomic E-state index is 14.7. The summed E-state index contributed by atoms with van der Waals surface area (Å²) in [5.41, 5.74) is -4.01. The van der Waals surface area contributed by atoms with Crippen LogP contribution >= 0.6 is 0 Å². The first-order valence-corrected chi connectivity index (χ1v) is 17.9. The minimum atomic E-state index is -2.68. The molecule has 51 heavy (non-hydrogen) atoms. The quantitative estimate of drug-likeness (QED) is 0.136. The number of ketones is 3. The van der Waals surface area contributed by atoms with Crippen LogP contribution in [0.1, 0.15) is 122 Å². The molecule has 0 aliphatic heterocycles. The number of aliphatic hydroxyl groups is 3. The van der Waals surface area contributed by atoms with Crippen molar-refractivity contribution >= 4 is 35.0 Å². The molecule has 0 bridgehead atoms. The molecule has 0 heterocycles. The van der Waals surface area contributed by atoms with Crippen molar-refractivity contribution in [2.24, 2.45) is 28.6 Å². The Bertz CT molecular complexity index is 1680. The molecule has 0 aromatic heterocycles. The molecule has 11 nitrogen and oxygen atoms in total. The van der Waals surface area contributed by atoms with E-state index in [9.17, 15) is 44.4 Å². The Labute approximate surface area is 300 Å². The van der Waals surface area contributed by atoms with Crippen LogP contribution in [0, 0.1) is 28.6 Å². The molecular formula is C40H54O11. The molecule has 11 heteroatoms. The van der Waals surface area contributed by atoms with Gasteiger partial charge in [0.1, 0.15) is 22.8 Å². The fourth-order valence-corrected chi connectivity index (χ4v) is 9.48. The van der Waals surface area contributed by atoms with Gasteiger partial charge in [-0.25, -0.2) is 0 Å². The van der Waals surface area contributed by atoms with Crippen molar-refractivity contribution in [1.82, 2.24) is 0 Å². The number of benzene rings is 1. The van der Waals surface area contributed by atoms with Gasteiger partial charge in [-0.15, -0.1) is 0 Å². The molecule has 1 unspecified atom stereocenters. The van der Waals surface area contributed by atoms with Crippen molar-refractivity contribution in [3.63, 3.8) is 0 Å². The van der Waals surface area contributed by atoms with Crippen molar-refractivity contribution in [3.8, 4) is 5.75 Å². The van der Waals surface area contributed by atoms with Crippen molar-refractivity contribution in [3.05, 3.63) is 45.2 Å². The first-order valence-electron chi connectivity index (χ1n) is 17.9. The van der Waals surface area contributed by atoms with Crippen molar-refractivity contribution in [2.75, 3.05) is 14.2 Å². The van der Waals surface area contributed by atoms with Crippen LogP contribution in [0.25, 0.3) is 5.76 Å². The van der Waals surface area contributed by atoms with Crippen LogP contribution in [0.5, 0.6) is 5.75 Å². The number of Topliss-reactive ketones (excluding diaryl/α,β-unsaturated/α-hetero) is 3. The van der Waals surface area contributed by atoms with Gasteiger partial charge in [-0.1, -0.05) is 47.6 Å². The van der Waals surface area contributed by atoms with E-state index in [4.69, 9.17) is 9.47 Å². The lowest BCUT2D eigenvalue weighted by atomic mass is 9.43. The molecule has 4 N–H and O–H groups in total. The number of esters is 2. The van der Waals surface area contributed by atoms with Crippen LogP contribution in [-0.2, 0) is 46.3 Å². The second kappa shape index (κ2) is 14.6. The van der Waals surface area contributed by atoms with E-state index in [1.54, 1.807) is 27.7 Å². The SMILES string of the molecule is COC(=O)CCCC(CCCC(=O)OC)Cc1cc(C(C)C)c2c(c1O)C(O)=C1C(=O)[C@@]3(O)C(O)=C(C(C)=O)C(=O)C(C(C)C)[C@@]3(C)C[C@@]1(C)C2. The third-order valence-electron chi connectivity index (χ3n) is 11.7. The molecule has 0 saturated heterocycles. The Kier molecular flexibility index (Phi) is 11.4. The van der Waals surface area contributed by atoms with Gasteiger partial charge in [0.2, 0.25) is 5.78 Å². The smallest absolute Gasteiger partial charge is 0.305 e. The first-order chi connectivity index (χ1) is 23.7. The third kappa shape index (κ3) is 6.62. The van der Waals surface area contributed by atoms with Crippen LogP contribution in [0.15, 0.2) is 23.0 Å². The van der Waals surface area contributed by atoms with Crippen LogP contribution in [0.2, 0.25) is 0 Å². The number of carbonyl (C=O) groups excluding carboxylic acids is 5. The topological polar surface area (TPSA) is 185 Å².